The molecule has 2 aromatic carbocycles. The standard InChI is InChI=1S/C17H17N2O3P/c1-22-19(15-9-3-2-4-10-15)13-23(20,21)16-11-5-7-14-8-6-12-18-17(14)16/h2-12H,13H2,1H3,(H,20,21). The summed E-state index contributed by atoms with van der Waals surface area (Å²) in [5, 5.41) is 2.60. The maximum Gasteiger partial charge on any atom is 0.253 e. The summed E-state index contributed by atoms with van der Waals surface area (Å²) in [7, 11) is -2.21. The average Bonchev–Trinajstić information content (AvgIpc) is 2.60. The molecule has 0 radical (unpaired) electrons. The predicted octanol–water partition coefficient (Wildman–Crippen LogP) is 3.16. The summed E-state index contributed by atoms with van der Waals surface area (Å²) in [6, 6.07) is 18.2. The maximum absolute atomic E-state index is 13.0. The molecule has 1 heterocycles. The van der Waals surface area contributed by atoms with E-state index in [-0.39, 0.29) is 6.29 Å². The van der Waals surface area contributed by atoms with Gasteiger partial charge >= 0.3 is 0 Å². The molecular weight excluding hydrogens is 311 g/mol. The van der Waals surface area contributed by atoms with Gasteiger partial charge in [0.15, 0.2) is 0 Å². The van der Waals surface area contributed by atoms with E-state index >= 15 is 0 Å². The van der Waals surface area contributed by atoms with E-state index in [4.69, 9.17) is 4.84 Å². The zero-order valence-corrected chi connectivity index (χ0v) is 13.6. The molecule has 0 saturated carbocycles. The van der Waals surface area contributed by atoms with E-state index in [0.29, 0.717) is 10.8 Å². The van der Waals surface area contributed by atoms with Gasteiger partial charge in [0.25, 0.3) is 7.37 Å². The fourth-order valence-electron chi connectivity index (χ4n) is 2.46. The first-order chi connectivity index (χ1) is 11.1. The van der Waals surface area contributed by atoms with Crippen LogP contribution in [0.2, 0.25) is 0 Å². The zero-order chi connectivity index (χ0) is 16.3. The van der Waals surface area contributed by atoms with E-state index in [9.17, 15) is 9.46 Å². The number of fused-ring (bicyclic) bond motifs is 1. The Morgan fingerprint density at radius 3 is 2.57 bits per heavy atom. The van der Waals surface area contributed by atoms with Gasteiger partial charge < -0.3 is 4.89 Å². The molecule has 0 aliphatic rings. The van der Waals surface area contributed by atoms with Crippen LogP contribution in [0.3, 0.4) is 0 Å². The molecule has 23 heavy (non-hydrogen) atoms. The van der Waals surface area contributed by atoms with Crippen molar-refractivity contribution in [3.05, 3.63) is 66.9 Å². The second-order valence-corrected chi connectivity index (χ2v) is 7.26. The zero-order valence-electron chi connectivity index (χ0n) is 12.7. The molecule has 5 nitrogen and oxygen atoms in total. The normalized spacial score (nSPS) is 13.7. The van der Waals surface area contributed by atoms with Gasteiger partial charge in [-0.2, -0.15) is 0 Å². The van der Waals surface area contributed by atoms with Crippen molar-refractivity contribution in [3.8, 4) is 0 Å². The molecule has 1 aromatic heterocycles. The smallest absolute Gasteiger partial charge is 0.253 e. The highest BCUT2D eigenvalue weighted by Crippen LogP contribution is 2.42. The Morgan fingerprint density at radius 2 is 1.83 bits per heavy atom. The number of benzene rings is 2. The average molecular weight is 328 g/mol. The second-order valence-electron chi connectivity index (χ2n) is 5.09. The quantitative estimate of drug-likeness (QED) is 0.576. The van der Waals surface area contributed by atoms with Crippen LogP contribution in [0.4, 0.5) is 5.69 Å². The minimum Gasteiger partial charge on any atom is -0.340 e. The Morgan fingerprint density at radius 1 is 1.09 bits per heavy atom. The van der Waals surface area contributed by atoms with Crippen LogP contribution in [0, 0.1) is 0 Å². The van der Waals surface area contributed by atoms with Gasteiger partial charge in [-0.1, -0.05) is 36.4 Å². The first kappa shape index (κ1) is 15.7. The van der Waals surface area contributed by atoms with Crippen LogP contribution < -0.4 is 10.4 Å². The van der Waals surface area contributed by atoms with Crippen molar-refractivity contribution in [2.24, 2.45) is 0 Å². The minimum absolute atomic E-state index is 0.150. The molecule has 118 valence electrons. The van der Waals surface area contributed by atoms with Crippen LogP contribution >= 0.6 is 7.37 Å². The summed E-state index contributed by atoms with van der Waals surface area (Å²) < 4.78 is 13.0. The number of para-hydroxylation sites is 2. The van der Waals surface area contributed by atoms with Crippen LogP contribution in [0.25, 0.3) is 10.9 Å². The Bertz CT molecular complexity index is 849. The Kier molecular flexibility index (Phi) is 4.44. The third-order valence-electron chi connectivity index (χ3n) is 3.57. The summed E-state index contributed by atoms with van der Waals surface area (Å²) >= 11 is 0. The van der Waals surface area contributed by atoms with Gasteiger partial charge in [0.05, 0.1) is 23.6 Å². The second kappa shape index (κ2) is 6.50. The van der Waals surface area contributed by atoms with Crippen LogP contribution in [-0.2, 0) is 9.40 Å². The third-order valence-corrected chi connectivity index (χ3v) is 5.33. The van der Waals surface area contributed by atoms with Crippen molar-refractivity contribution in [3.63, 3.8) is 0 Å². The van der Waals surface area contributed by atoms with E-state index in [0.717, 1.165) is 11.1 Å². The van der Waals surface area contributed by atoms with Gasteiger partial charge in [-0.25, -0.2) is 5.06 Å². The lowest BCUT2D eigenvalue weighted by Gasteiger charge is -2.25. The topological polar surface area (TPSA) is 62.7 Å². The number of hydrogen-bond donors (Lipinski definition) is 1. The van der Waals surface area contributed by atoms with Gasteiger partial charge in [0.1, 0.15) is 6.29 Å². The lowest BCUT2D eigenvalue weighted by Crippen LogP contribution is -2.26. The van der Waals surface area contributed by atoms with Crippen molar-refractivity contribution < 1.29 is 14.3 Å². The van der Waals surface area contributed by atoms with E-state index in [1.807, 2.05) is 42.5 Å². The monoisotopic (exact) mass is 328 g/mol. The van der Waals surface area contributed by atoms with Crippen molar-refractivity contribution in [1.29, 1.82) is 0 Å². The van der Waals surface area contributed by atoms with Crippen molar-refractivity contribution >= 4 is 29.3 Å². The number of aromatic nitrogens is 1. The van der Waals surface area contributed by atoms with Crippen molar-refractivity contribution in [2.45, 2.75) is 0 Å². The largest absolute Gasteiger partial charge is 0.340 e. The number of hydroxylamine groups is 1. The van der Waals surface area contributed by atoms with Gasteiger partial charge in [0, 0.05) is 11.6 Å². The number of rotatable bonds is 5. The fraction of sp³-hybridized carbons (Fsp3) is 0.118. The molecule has 3 rings (SSSR count). The number of pyridine rings is 1. The fourth-order valence-corrected chi connectivity index (χ4v) is 4.08. The molecule has 0 spiro atoms. The molecule has 3 aromatic rings. The molecule has 0 aliphatic carbocycles. The van der Waals surface area contributed by atoms with Crippen LogP contribution in [0.1, 0.15) is 0 Å². The Labute approximate surface area is 134 Å². The van der Waals surface area contributed by atoms with Gasteiger partial charge in [-0.3, -0.25) is 14.4 Å². The highest BCUT2D eigenvalue weighted by molar-refractivity contribution is 7.66. The highest BCUT2D eigenvalue weighted by Gasteiger charge is 2.28. The molecular formula is C17H17N2O3P. The molecule has 0 aliphatic heterocycles. The van der Waals surface area contributed by atoms with Crippen molar-refractivity contribution in [1.82, 2.24) is 4.98 Å². The van der Waals surface area contributed by atoms with Gasteiger partial charge in [-0.15, -0.1) is 0 Å². The Balaban J connectivity index is 1.99. The van der Waals surface area contributed by atoms with Crippen LogP contribution in [-0.4, -0.2) is 23.3 Å². The first-order valence-corrected chi connectivity index (χ1v) is 8.99. The SMILES string of the molecule is CON(CP(=O)(O)c1cccc2cccnc12)c1ccccc1. The Hall–Kier alpha value is -2.20. The van der Waals surface area contributed by atoms with Crippen LogP contribution in [0.5, 0.6) is 0 Å². The lowest BCUT2D eigenvalue weighted by atomic mass is 10.2. The number of nitrogens with zero attached hydrogens (tertiary/aromatic N) is 2. The minimum atomic E-state index is -3.69. The van der Waals surface area contributed by atoms with E-state index in [1.54, 1.807) is 24.4 Å². The molecule has 1 atom stereocenters. The number of anilines is 1. The molecule has 0 saturated heterocycles. The summed E-state index contributed by atoms with van der Waals surface area (Å²) in [6.07, 6.45) is 1.47. The summed E-state index contributed by atoms with van der Waals surface area (Å²) in [6.45, 7) is 0. The summed E-state index contributed by atoms with van der Waals surface area (Å²) in [5.74, 6) is 0. The van der Waals surface area contributed by atoms with E-state index < -0.39 is 7.37 Å². The molecule has 1 N–H and O–H groups in total. The van der Waals surface area contributed by atoms with Crippen LogP contribution in [0.15, 0.2) is 66.9 Å². The molecule has 6 heteroatoms. The molecule has 1 unspecified atom stereocenters. The lowest BCUT2D eigenvalue weighted by molar-refractivity contribution is 0.177. The highest BCUT2D eigenvalue weighted by atomic mass is 31.2. The summed E-state index contributed by atoms with van der Waals surface area (Å²) in [4.78, 5) is 20.2. The predicted molar refractivity (Wildman–Crippen MR) is 92.0 cm³/mol. The first-order valence-electron chi connectivity index (χ1n) is 7.14. The van der Waals surface area contributed by atoms with E-state index in [1.165, 1.54) is 12.2 Å². The van der Waals surface area contributed by atoms with E-state index in [2.05, 4.69) is 4.98 Å². The van der Waals surface area contributed by atoms with Gasteiger partial charge in [-0.05, 0) is 24.3 Å². The molecule has 0 bridgehead atoms. The molecule has 0 amide bonds. The van der Waals surface area contributed by atoms with Gasteiger partial charge in [0.2, 0.25) is 0 Å². The third kappa shape index (κ3) is 3.27. The maximum atomic E-state index is 13.0. The van der Waals surface area contributed by atoms with Crippen molar-refractivity contribution in [2.75, 3.05) is 18.5 Å². The summed E-state index contributed by atoms with van der Waals surface area (Å²) in [5.41, 5.74) is 1.27. The number of hydrogen-bond acceptors (Lipinski definition) is 4. The molecule has 0 fully saturated rings.